The first-order valence-corrected chi connectivity index (χ1v) is 5.97. The molecule has 2 rings (SSSR count). The molecule has 0 unspecified atom stereocenters. The van der Waals surface area contributed by atoms with Crippen LogP contribution in [0.3, 0.4) is 0 Å². The van der Waals surface area contributed by atoms with Gasteiger partial charge in [-0.2, -0.15) is 13.2 Å². The highest BCUT2D eigenvalue weighted by molar-refractivity contribution is 5.88. The third kappa shape index (κ3) is 3.34. The van der Waals surface area contributed by atoms with Gasteiger partial charge in [-0.25, -0.2) is 4.79 Å². The van der Waals surface area contributed by atoms with Gasteiger partial charge in [0, 0.05) is 0 Å². The van der Waals surface area contributed by atoms with Crippen molar-refractivity contribution < 1.29 is 27.8 Å². The minimum absolute atomic E-state index is 0.0453. The fourth-order valence-electron chi connectivity index (χ4n) is 1.81. The highest BCUT2D eigenvalue weighted by Crippen LogP contribution is 2.38. The van der Waals surface area contributed by atoms with E-state index in [9.17, 15) is 18.0 Å². The van der Waals surface area contributed by atoms with Gasteiger partial charge in [0.15, 0.2) is 0 Å². The smallest absolute Gasteiger partial charge is 0.419 e. The molecule has 0 aromatic heterocycles. The fraction of sp³-hybridized carbons (Fsp3) is 0.133. The van der Waals surface area contributed by atoms with E-state index in [1.165, 1.54) is 36.4 Å². The van der Waals surface area contributed by atoms with Crippen LogP contribution in [0.25, 0.3) is 0 Å². The molecule has 0 aliphatic carbocycles. The molecule has 0 aliphatic heterocycles. The molecule has 0 spiro atoms. The van der Waals surface area contributed by atoms with Crippen LogP contribution in [0.4, 0.5) is 13.2 Å². The molecular weight excluding hydrogens is 285 g/mol. The number of carbonyl (C=O) groups is 1. The third-order valence-electron chi connectivity index (χ3n) is 2.83. The number of para-hydroxylation sites is 1. The first kappa shape index (κ1) is 14.9. The summed E-state index contributed by atoms with van der Waals surface area (Å²) in [5.74, 6) is -1.26. The van der Waals surface area contributed by atoms with Crippen LogP contribution in [0.2, 0.25) is 0 Å². The van der Waals surface area contributed by atoms with Crippen molar-refractivity contribution in [1.82, 2.24) is 0 Å². The molecule has 110 valence electrons. The molecule has 2 aromatic rings. The molecule has 0 atom stereocenters. The highest BCUT2D eigenvalue weighted by Gasteiger charge is 2.34. The number of ether oxygens (including phenoxy) is 1. The van der Waals surface area contributed by atoms with Crippen LogP contribution in [-0.4, -0.2) is 11.1 Å². The molecule has 0 amide bonds. The molecular formula is C15H11F3O3. The number of halogens is 3. The second-order valence-corrected chi connectivity index (χ2v) is 4.38. The second kappa shape index (κ2) is 5.47. The molecule has 6 heteroatoms. The first-order chi connectivity index (χ1) is 9.79. The fourth-order valence-corrected chi connectivity index (χ4v) is 1.81. The van der Waals surface area contributed by atoms with Gasteiger partial charge in [-0.3, -0.25) is 0 Å². The van der Waals surface area contributed by atoms with E-state index in [4.69, 9.17) is 9.84 Å². The van der Waals surface area contributed by atoms with E-state index in [0.29, 0.717) is 5.56 Å². The van der Waals surface area contributed by atoms with E-state index in [1.807, 2.05) is 0 Å². The zero-order chi connectivity index (χ0) is 15.6. The van der Waals surface area contributed by atoms with E-state index in [2.05, 4.69) is 0 Å². The summed E-state index contributed by atoms with van der Waals surface area (Å²) in [5, 5.41) is 8.85. The Morgan fingerprint density at radius 3 is 2.33 bits per heavy atom. The molecule has 0 bridgehead atoms. The van der Waals surface area contributed by atoms with Crippen LogP contribution in [0.1, 0.15) is 21.5 Å². The van der Waals surface area contributed by atoms with Gasteiger partial charge in [0.1, 0.15) is 11.5 Å². The highest BCUT2D eigenvalue weighted by atomic mass is 19.4. The normalized spacial score (nSPS) is 11.2. The predicted molar refractivity (Wildman–Crippen MR) is 69.7 cm³/mol. The van der Waals surface area contributed by atoms with Crippen molar-refractivity contribution in [2.45, 2.75) is 13.1 Å². The van der Waals surface area contributed by atoms with Gasteiger partial charge in [-0.1, -0.05) is 12.1 Å². The zero-order valence-corrected chi connectivity index (χ0v) is 10.9. The van der Waals surface area contributed by atoms with Crippen molar-refractivity contribution in [3.8, 4) is 11.5 Å². The van der Waals surface area contributed by atoms with Crippen LogP contribution in [0.15, 0.2) is 42.5 Å². The Labute approximate surface area is 118 Å². The van der Waals surface area contributed by atoms with Crippen LogP contribution < -0.4 is 4.74 Å². The van der Waals surface area contributed by atoms with E-state index in [0.717, 1.165) is 6.07 Å². The molecule has 0 radical (unpaired) electrons. The van der Waals surface area contributed by atoms with Gasteiger partial charge in [0.2, 0.25) is 0 Å². The Morgan fingerprint density at radius 1 is 1.10 bits per heavy atom. The Kier molecular flexibility index (Phi) is 3.88. The van der Waals surface area contributed by atoms with Gasteiger partial charge >= 0.3 is 12.1 Å². The van der Waals surface area contributed by atoms with Crippen molar-refractivity contribution in [3.63, 3.8) is 0 Å². The Morgan fingerprint density at radius 2 is 1.76 bits per heavy atom. The maximum Gasteiger partial charge on any atom is 0.419 e. The lowest BCUT2D eigenvalue weighted by Crippen LogP contribution is -2.07. The Bertz CT molecular complexity index is 678. The lowest BCUT2D eigenvalue weighted by Gasteiger charge is -2.14. The van der Waals surface area contributed by atoms with Gasteiger partial charge < -0.3 is 9.84 Å². The maximum atomic E-state index is 12.9. The molecule has 3 nitrogen and oxygen atoms in total. The summed E-state index contributed by atoms with van der Waals surface area (Å²) in [4.78, 5) is 10.8. The summed E-state index contributed by atoms with van der Waals surface area (Å²) in [7, 11) is 0. The second-order valence-electron chi connectivity index (χ2n) is 4.38. The number of rotatable bonds is 3. The maximum absolute atomic E-state index is 12.9. The Hall–Kier alpha value is -2.50. The van der Waals surface area contributed by atoms with Crippen LogP contribution in [-0.2, 0) is 6.18 Å². The summed E-state index contributed by atoms with van der Waals surface area (Å²) < 4.78 is 43.9. The topological polar surface area (TPSA) is 46.5 Å². The largest absolute Gasteiger partial charge is 0.478 e. The van der Waals surface area contributed by atoms with Crippen molar-refractivity contribution in [2.24, 2.45) is 0 Å². The van der Waals surface area contributed by atoms with Gasteiger partial charge in [-0.05, 0) is 42.8 Å². The van der Waals surface area contributed by atoms with E-state index < -0.39 is 17.7 Å². The van der Waals surface area contributed by atoms with Crippen molar-refractivity contribution in [1.29, 1.82) is 0 Å². The van der Waals surface area contributed by atoms with Gasteiger partial charge in [0.05, 0.1) is 11.1 Å². The van der Waals surface area contributed by atoms with Gasteiger partial charge in [0.25, 0.3) is 0 Å². The van der Waals surface area contributed by atoms with Gasteiger partial charge in [-0.15, -0.1) is 0 Å². The van der Waals surface area contributed by atoms with Crippen LogP contribution >= 0.6 is 0 Å². The van der Waals surface area contributed by atoms with E-state index in [1.54, 1.807) is 6.92 Å². The average molecular weight is 296 g/mol. The number of aryl methyl sites for hydroxylation is 1. The Balaban J connectivity index is 2.38. The van der Waals surface area contributed by atoms with Crippen LogP contribution in [0.5, 0.6) is 11.5 Å². The summed E-state index contributed by atoms with van der Waals surface area (Å²) in [6.07, 6.45) is -4.52. The number of aromatic carboxylic acids is 1. The number of carboxylic acid groups (broad SMARTS) is 1. The molecule has 0 saturated heterocycles. The first-order valence-electron chi connectivity index (χ1n) is 5.97. The standard InChI is InChI=1S/C15H11F3O3/c1-9-8-10(14(19)20)6-7-12(9)21-13-5-3-2-4-11(13)15(16,17)18/h2-8H,1H3,(H,19,20). The predicted octanol–water partition coefficient (Wildman–Crippen LogP) is 4.50. The molecule has 0 aliphatic rings. The van der Waals surface area contributed by atoms with Crippen molar-refractivity contribution in [2.75, 3.05) is 0 Å². The van der Waals surface area contributed by atoms with Crippen molar-refractivity contribution >= 4 is 5.97 Å². The average Bonchev–Trinajstić information content (AvgIpc) is 2.40. The number of benzene rings is 2. The van der Waals surface area contributed by atoms with E-state index in [-0.39, 0.29) is 17.1 Å². The molecule has 21 heavy (non-hydrogen) atoms. The summed E-state index contributed by atoms with van der Waals surface area (Å²) in [6, 6.07) is 8.81. The number of alkyl halides is 3. The minimum atomic E-state index is -4.52. The lowest BCUT2D eigenvalue weighted by atomic mass is 10.1. The lowest BCUT2D eigenvalue weighted by molar-refractivity contribution is -0.138. The monoisotopic (exact) mass is 296 g/mol. The minimum Gasteiger partial charge on any atom is -0.478 e. The molecule has 2 aromatic carbocycles. The molecule has 0 saturated carbocycles. The third-order valence-corrected chi connectivity index (χ3v) is 2.83. The summed E-state index contributed by atoms with van der Waals surface area (Å²) >= 11 is 0. The summed E-state index contributed by atoms with van der Waals surface area (Å²) in [6.45, 7) is 1.57. The molecule has 0 fully saturated rings. The quantitative estimate of drug-likeness (QED) is 0.906. The SMILES string of the molecule is Cc1cc(C(=O)O)ccc1Oc1ccccc1C(F)(F)F. The molecule has 1 N–H and O–H groups in total. The molecule has 0 heterocycles. The van der Waals surface area contributed by atoms with E-state index >= 15 is 0 Å². The number of carboxylic acids is 1. The number of hydrogen-bond acceptors (Lipinski definition) is 2. The summed E-state index contributed by atoms with van der Waals surface area (Å²) in [5.41, 5.74) is -0.400. The zero-order valence-electron chi connectivity index (χ0n) is 10.9. The van der Waals surface area contributed by atoms with Crippen LogP contribution in [0, 0.1) is 6.92 Å². The number of hydrogen-bond donors (Lipinski definition) is 1. The van der Waals surface area contributed by atoms with Crippen molar-refractivity contribution in [3.05, 3.63) is 59.2 Å².